The predicted molar refractivity (Wildman–Crippen MR) is 129 cm³/mol. The Hall–Kier alpha value is -3.44. The number of nitrogens with one attached hydrogen (secondary N) is 2. The Morgan fingerprint density at radius 1 is 0.781 bits per heavy atom. The number of amides is 2. The standard InChI is InChI=1S/C27H29N3O2/c31-26(29-25-14-8-7-11-23(25)19-21-9-3-1-4-10-21)20-30-17-15-22(16-18-30)27(32)28-24-12-5-2-6-13-24/h1-14,22H,15-20H2,(H,28,32)(H,29,31). The number of para-hydroxylation sites is 2. The summed E-state index contributed by atoms with van der Waals surface area (Å²) in [4.78, 5) is 27.4. The highest BCUT2D eigenvalue weighted by molar-refractivity contribution is 5.93. The molecule has 2 amide bonds. The molecule has 1 heterocycles. The maximum absolute atomic E-state index is 12.7. The summed E-state index contributed by atoms with van der Waals surface area (Å²) >= 11 is 0. The van der Waals surface area contributed by atoms with E-state index >= 15 is 0 Å². The van der Waals surface area contributed by atoms with Crippen LogP contribution in [-0.4, -0.2) is 36.3 Å². The first-order valence-corrected chi connectivity index (χ1v) is 11.2. The number of rotatable bonds is 7. The maximum Gasteiger partial charge on any atom is 0.238 e. The average Bonchev–Trinajstić information content (AvgIpc) is 2.82. The van der Waals surface area contributed by atoms with Gasteiger partial charge in [-0.05, 0) is 61.7 Å². The number of hydrogen-bond acceptors (Lipinski definition) is 3. The lowest BCUT2D eigenvalue weighted by Crippen LogP contribution is -2.41. The van der Waals surface area contributed by atoms with Crippen molar-refractivity contribution in [3.8, 4) is 0 Å². The zero-order chi connectivity index (χ0) is 22.2. The van der Waals surface area contributed by atoms with Gasteiger partial charge in [0.1, 0.15) is 0 Å². The lowest BCUT2D eigenvalue weighted by molar-refractivity contribution is -0.121. The molecular formula is C27H29N3O2. The molecule has 0 aliphatic carbocycles. The van der Waals surface area contributed by atoms with E-state index in [4.69, 9.17) is 0 Å². The summed E-state index contributed by atoms with van der Waals surface area (Å²) in [6, 6.07) is 27.7. The molecule has 1 fully saturated rings. The summed E-state index contributed by atoms with van der Waals surface area (Å²) in [5.74, 6) is 0.0361. The van der Waals surface area contributed by atoms with Gasteiger partial charge in [-0.1, -0.05) is 66.7 Å². The largest absolute Gasteiger partial charge is 0.326 e. The van der Waals surface area contributed by atoms with Gasteiger partial charge in [0.25, 0.3) is 0 Å². The Kier molecular flexibility index (Phi) is 7.31. The molecule has 5 nitrogen and oxygen atoms in total. The van der Waals surface area contributed by atoms with Gasteiger partial charge in [0.15, 0.2) is 0 Å². The minimum absolute atomic E-state index is 0.0129. The molecule has 1 saturated heterocycles. The Balaban J connectivity index is 1.26. The Labute approximate surface area is 189 Å². The quantitative estimate of drug-likeness (QED) is 0.581. The second-order valence-electron chi connectivity index (χ2n) is 8.27. The molecule has 4 rings (SSSR count). The Morgan fingerprint density at radius 2 is 1.41 bits per heavy atom. The maximum atomic E-state index is 12.7. The fourth-order valence-corrected chi connectivity index (χ4v) is 4.12. The van der Waals surface area contributed by atoms with Crippen LogP contribution >= 0.6 is 0 Å². The number of nitrogens with zero attached hydrogens (tertiary/aromatic N) is 1. The van der Waals surface area contributed by atoms with Crippen LogP contribution in [0.1, 0.15) is 24.0 Å². The highest BCUT2D eigenvalue weighted by atomic mass is 16.2. The first-order valence-electron chi connectivity index (χ1n) is 11.2. The number of carbonyl (C=O) groups is 2. The van der Waals surface area contributed by atoms with Gasteiger partial charge >= 0.3 is 0 Å². The van der Waals surface area contributed by atoms with E-state index in [1.54, 1.807) is 0 Å². The van der Waals surface area contributed by atoms with E-state index in [0.29, 0.717) is 6.54 Å². The third-order valence-electron chi connectivity index (χ3n) is 5.90. The van der Waals surface area contributed by atoms with E-state index in [9.17, 15) is 9.59 Å². The first-order chi connectivity index (χ1) is 15.7. The molecule has 5 heteroatoms. The second-order valence-corrected chi connectivity index (χ2v) is 8.27. The number of piperidine rings is 1. The molecule has 0 aromatic heterocycles. The van der Waals surface area contributed by atoms with Crippen LogP contribution in [0.2, 0.25) is 0 Å². The number of hydrogen-bond donors (Lipinski definition) is 2. The Bertz CT molecular complexity index is 1030. The van der Waals surface area contributed by atoms with Gasteiger partial charge in [-0.15, -0.1) is 0 Å². The van der Waals surface area contributed by atoms with Gasteiger partial charge in [0.2, 0.25) is 11.8 Å². The fraction of sp³-hybridized carbons (Fsp3) is 0.259. The summed E-state index contributed by atoms with van der Waals surface area (Å²) < 4.78 is 0. The van der Waals surface area contributed by atoms with Crippen LogP contribution in [0.5, 0.6) is 0 Å². The van der Waals surface area contributed by atoms with Gasteiger partial charge in [0.05, 0.1) is 6.54 Å². The van der Waals surface area contributed by atoms with Gasteiger partial charge in [-0.2, -0.15) is 0 Å². The zero-order valence-electron chi connectivity index (χ0n) is 18.2. The average molecular weight is 428 g/mol. The van der Waals surface area contributed by atoms with Gasteiger partial charge in [0, 0.05) is 17.3 Å². The minimum atomic E-state index is -0.0160. The summed E-state index contributed by atoms with van der Waals surface area (Å²) in [7, 11) is 0. The molecule has 0 spiro atoms. The summed E-state index contributed by atoms with van der Waals surface area (Å²) in [6.07, 6.45) is 2.30. The van der Waals surface area contributed by atoms with Crippen LogP contribution in [0.25, 0.3) is 0 Å². The summed E-state index contributed by atoms with van der Waals surface area (Å²) in [5.41, 5.74) is 4.00. The minimum Gasteiger partial charge on any atom is -0.326 e. The van der Waals surface area contributed by atoms with Crippen molar-refractivity contribution in [2.24, 2.45) is 5.92 Å². The van der Waals surface area contributed by atoms with Crippen molar-refractivity contribution in [3.63, 3.8) is 0 Å². The number of benzene rings is 3. The Morgan fingerprint density at radius 3 is 2.12 bits per heavy atom. The molecular weight excluding hydrogens is 398 g/mol. The molecule has 3 aromatic carbocycles. The molecule has 2 N–H and O–H groups in total. The topological polar surface area (TPSA) is 61.4 Å². The fourth-order valence-electron chi connectivity index (χ4n) is 4.12. The third kappa shape index (κ3) is 6.05. The van der Waals surface area contributed by atoms with Crippen molar-refractivity contribution in [2.45, 2.75) is 19.3 Å². The summed E-state index contributed by atoms with van der Waals surface area (Å²) in [6.45, 7) is 1.82. The number of likely N-dealkylation sites (tertiary alicyclic amines) is 1. The van der Waals surface area contributed by atoms with E-state index in [0.717, 1.165) is 49.3 Å². The second kappa shape index (κ2) is 10.7. The highest BCUT2D eigenvalue weighted by Crippen LogP contribution is 2.21. The van der Waals surface area contributed by atoms with E-state index in [1.165, 1.54) is 5.56 Å². The lowest BCUT2D eigenvalue weighted by atomic mass is 9.95. The van der Waals surface area contributed by atoms with E-state index in [2.05, 4.69) is 33.7 Å². The van der Waals surface area contributed by atoms with Crippen molar-refractivity contribution >= 4 is 23.2 Å². The SMILES string of the molecule is O=C(CN1CCC(C(=O)Nc2ccccc2)CC1)Nc1ccccc1Cc1ccccc1. The molecule has 164 valence electrons. The number of anilines is 2. The van der Waals surface area contributed by atoms with Crippen LogP contribution in [-0.2, 0) is 16.0 Å². The monoisotopic (exact) mass is 427 g/mol. The molecule has 0 saturated carbocycles. The van der Waals surface area contributed by atoms with Crippen molar-refractivity contribution in [3.05, 3.63) is 96.1 Å². The lowest BCUT2D eigenvalue weighted by Gasteiger charge is -2.30. The van der Waals surface area contributed by atoms with Crippen LogP contribution in [0.4, 0.5) is 11.4 Å². The van der Waals surface area contributed by atoms with Crippen molar-refractivity contribution in [1.29, 1.82) is 0 Å². The number of carbonyl (C=O) groups excluding carboxylic acids is 2. The molecule has 1 aliphatic rings. The molecule has 0 atom stereocenters. The summed E-state index contributed by atoms with van der Waals surface area (Å²) in [5, 5.41) is 6.07. The molecule has 0 radical (unpaired) electrons. The van der Waals surface area contributed by atoms with E-state index in [-0.39, 0.29) is 17.7 Å². The first kappa shape index (κ1) is 21.8. The molecule has 1 aliphatic heterocycles. The molecule has 0 bridgehead atoms. The van der Waals surface area contributed by atoms with E-state index < -0.39 is 0 Å². The van der Waals surface area contributed by atoms with Crippen LogP contribution in [0, 0.1) is 5.92 Å². The molecule has 32 heavy (non-hydrogen) atoms. The van der Waals surface area contributed by atoms with Gasteiger partial charge in [-0.25, -0.2) is 0 Å². The van der Waals surface area contributed by atoms with Gasteiger partial charge < -0.3 is 10.6 Å². The highest BCUT2D eigenvalue weighted by Gasteiger charge is 2.26. The van der Waals surface area contributed by atoms with Crippen LogP contribution in [0.15, 0.2) is 84.9 Å². The normalized spacial score (nSPS) is 14.6. The van der Waals surface area contributed by atoms with Crippen molar-refractivity contribution in [2.75, 3.05) is 30.3 Å². The van der Waals surface area contributed by atoms with Crippen LogP contribution in [0.3, 0.4) is 0 Å². The van der Waals surface area contributed by atoms with Crippen LogP contribution < -0.4 is 10.6 Å². The molecule has 0 unspecified atom stereocenters. The van der Waals surface area contributed by atoms with Gasteiger partial charge in [-0.3, -0.25) is 14.5 Å². The van der Waals surface area contributed by atoms with Crippen molar-refractivity contribution < 1.29 is 9.59 Å². The predicted octanol–water partition coefficient (Wildman–Crippen LogP) is 4.57. The van der Waals surface area contributed by atoms with Crippen molar-refractivity contribution in [1.82, 2.24) is 4.90 Å². The van der Waals surface area contributed by atoms with E-state index in [1.807, 2.05) is 66.7 Å². The smallest absolute Gasteiger partial charge is 0.238 e. The zero-order valence-corrected chi connectivity index (χ0v) is 18.2. The third-order valence-corrected chi connectivity index (χ3v) is 5.90. The molecule has 3 aromatic rings.